The lowest BCUT2D eigenvalue weighted by atomic mass is 10.3. The molecular weight excluding hydrogens is 364 g/mol. The number of carbonyl (C=O) groups is 1. The number of amides is 1. The number of nitrogens with one attached hydrogen (secondary N) is 1. The van der Waals surface area contributed by atoms with Crippen molar-refractivity contribution in [2.45, 2.75) is 30.4 Å². The van der Waals surface area contributed by atoms with Crippen molar-refractivity contribution in [3.63, 3.8) is 0 Å². The third-order valence-electron chi connectivity index (χ3n) is 2.18. The van der Waals surface area contributed by atoms with E-state index in [0.29, 0.717) is 15.9 Å². The predicted octanol–water partition coefficient (Wildman–Crippen LogP) is 2.57. The van der Waals surface area contributed by atoms with Crippen molar-refractivity contribution in [3.05, 3.63) is 22.7 Å². The summed E-state index contributed by atoms with van der Waals surface area (Å²) in [6.45, 7) is 6.09. The predicted molar refractivity (Wildman–Crippen MR) is 86.4 cm³/mol. The van der Waals surface area contributed by atoms with Crippen LogP contribution in [-0.2, 0) is 14.8 Å². The Hall–Kier alpha value is -0.570. The SMILES string of the molecule is CC(C)(C)SCC(=O)Nc1ccc(S(N)(=O)=O)cc1Br. The van der Waals surface area contributed by atoms with Crippen LogP contribution in [0.5, 0.6) is 0 Å². The quantitative estimate of drug-likeness (QED) is 0.839. The molecular formula is C12H17BrN2O3S2. The lowest BCUT2D eigenvalue weighted by molar-refractivity contribution is -0.113. The monoisotopic (exact) mass is 380 g/mol. The third kappa shape index (κ3) is 5.82. The van der Waals surface area contributed by atoms with Crippen LogP contribution in [0.4, 0.5) is 5.69 Å². The van der Waals surface area contributed by atoms with Crippen LogP contribution in [0.1, 0.15) is 20.8 Å². The summed E-state index contributed by atoms with van der Waals surface area (Å²) < 4.78 is 22.9. The molecule has 1 aromatic rings. The maximum Gasteiger partial charge on any atom is 0.238 e. The van der Waals surface area contributed by atoms with Crippen molar-refractivity contribution in [3.8, 4) is 0 Å². The van der Waals surface area contributed by atoms with E-state index >= 15 is 0 Å². The number of sulfonamides is 1. The molecule has 0 aliphatic rings. The molecule has 112 valence electrons. The highest BCUT2D eigenvalue weighted by Crippen LogP contribution is 2.27. The highest BCUT2D eigenvalue weighted by Gasteiger charge is 2.15. The number of halogens is 1. The highest BCUT2D eigenvalue weighted by molar-refractivity contribution is 9.10. The van der Waals surface area contributed by atoms with E-state index in [-0.39, 0.29) is 15.5 Å². The van der Waals surface area contributed by atoms with Crippen LogP contribution in [0.3, 0.4) is 0 Å². The number of rotatable bonds is 4. The zero-order valence-electron chi connectivity index (χ0n) is 11.4. The number of hydrogen-bond donors (Lipinski definition) is 2. The van der Waals surface area contributed by atoms with Crippen molar-refractivity contribution >= 4 is 49.3 Å². The zero-order valence-corrected chi connectivity index (χ0v) is 14.7. The molecule has 0 saturated heterocycles. The molecule has 0 unspecified atom stereocenters. The van der Waals surface area contributed by atoms with E-state index in [1.807, 2.05) is 20.8 Å². The molecule has 0 spiro atoms. The Morgan fingerprint density at radius 2 is 2.00 bits per heavy atom. The lowest BCUT2D eigenvalue weighted by Crippen LogP contribution is -2.19. The largest absolute Gasteiger partial charge is 0.324 e. The Balaban J connectivity index is 2.77. The number of primary sulfonamides is 1. The Kier molecular flexibility index (Phi) is 5.65. The second-order valence-electron chi connectivity index (χ2n) is 5.14. The number of nitrogens with two attached hydrogens (primary N) is 1. The first-order valence-electron chi connectivity index (χ1n) is 5.75. The van der Waals surface area contributed by atoms with Gasteiger partial charge in [-0.2, -0.15) is 0 Å². The molecule has 0 aliphatic heterocycles. The summed E-state index contributed by atoms with van der Waals surface area (Å²) in [5.74, 6) is 0.182. The van der Waals surface area contributed by atoms with E-state index in [2.05, 4.69) is 21.2 Å². The first kappa shape index (κ1) is 17.5. The van der Waals surface area contributed by atoms with Gasteiger partial charge in [-0.05, 0) is 34.1 Å². The molecule has 0 fully saturated rings. The molecule has 1 aromatic carbocycles. The summed E-state index contributed by atoms with van der Waals surface area (Å²) in [6, 6.07) is 4.22. The minimum absolute atomic E-state index is 0.00601. The summed E-state index contributed by atoms with van der Waals surface area (Å²) in [4.78, 5) is 11.8. The standard InChI is InChI=1S/C12H17BrN2O3S2/c1-12(2,3)19-7-11(16)15-10-5-4-8(6-9(10)13)20(14,17)18/h4-6H,7H2,1-3H3,(H,15,16)(H2,14,17,18). The number of thioether (sulfide) groups is 1. The Bertz CT molecular complexity index is 610. The van der Waals surface area contributed by atoms with E-state index in [1.54, 1.807) is 0 Å². The topological polar surface area (TPSA) is 89.3 Å². The van der Waals surface area contributed by atoms with Gasteiger partial charge in [0.15, 0.2) is 0 Å². The van der Waals surface area contributed by atoms with E-state index < -0.39 is 10.0 Å². The average molecular weight is 381 g/mol. The third-order valence-corrected chi connectivity index (χ3v) is 5.02. The van der Waals surface area contributed by atoms with Gasteiger partial charge in [0, 0.05) is 9.22 Å². The van der Waals surface area contributed by atoms with Crippen LogP contribution in [0.25, 0.3) is 0 Å². The molecule has 1 amide bonds. The fourth-order valence-electron chi connectivity index (χ4n) is 1.24. The van der Waals surface area contributed by atoms with Crippen LogP contribution < -0.4 is 10.5 Å². The number of hydrogen-bond acceptors (Lipinski definition) is 4. The maximum absolute atomic E-state index is 11.8. The maximum atomic E-state index is 11.8. The lowest BCUT2D eigenvalue weighted by Gasteiger charge is -2.17. The van der Waals surface area contributed by atoms with Gasteiger partial charge in [-0.3, -0.25) is 4.79 Å². The Labute approximate surface area is 131 Å². The molecule has 0 saturated carbocycles. The molecule has 0 aromatic heterocycles. The molecule has 3 N–H and O–H groups in total. The van der Waals surface area contributed by atoms with Gasteiger partial charge in [0.05, 0.1) is 16.3 Å². The van der Waals surface area contributed by atoms with Gasteiger partial charge in [-0.15, -0.1) is 11.8 Å². The first-order valence-corrected chi connectivity index (χ1v) is 9.08. The van der Waals surface area contributed by atoms with Crippen LogP contribution in [-0.4, -0.2) is 24.8 Å². The van der Waals surface area contributed by atoms with Crippen molar-refractivity contribution in [2.24, 2.45) is 5.14 Å². The molecule has 20 heavy (non-hydrogen) atoms. The van der Waals surface area contributed by atoms with Crippen LogP contribution in [0, 0.1) is 0 Å². The number of carbonyl (C=O) groups excluding carboxylic acids is 1. The summed E-state index contributed by atoms with van der Waals surface area (Å²) >= 11 is 4.75. The second-order valence-corrected chi connectivity index (χ2v) is 9.35. The van der Waals surface area contributed by atoms with Crippen LogP contribution in [0.2, 0.25) is 0 Å². The molecule has 0 heterocycles. The van der Waals surface area contributed by atoms with Crippen LogP contribution >= 0.6 is 27.7 Å². The smallest absolute Gasteiger partial charge is 0.238 e. The fraction of sp³-hybridized carbons (Fsp3) is 0.417. The first-order chi connectivity index (χ1) is 8.99. The normalized spacial score (nSPS) is 12.2. The summed E-state index contributed by atoms with van der Waals surface area (Å²) in [5, 5.41) is 7.75. The van der Waals surface area contributed by atoms with Gasteiger partial charge in [0.25, 0.3) is 0 Å². The summed E-state index contributed by atoms with van der Waals surface area (Å²) in [6.07, 6.45) is 0. The number of benzene rings is 1. The van der Waals surface area contributed by atoms with Gasteiger partial charge >= 0.3 is 0 Å². The summed E-state index contributed by atoms with van der Waals surface area (Å²) in [5.41, 5.74) is 0.511. The molecule has 0 aliphatic carbocycles. The van der Waals surface area contributed by atoms with Gasteiger partial charge in [-0.25, -0.2) is 13.6 Å². The molecule has 0 bridgehead atoms. The van der Waals surface area contributed by atoms with E-state index in [4.69, 9.17) is 5.14 Å². The van der Waals surface area contributed by atoms with Crippen molar-refractivity contribution < 1.29 is 13.2 Å². The van der Waals surface area contributed by atoms with Crippen molar-refractivity contribution in [1.82, 2.24) is 0 Å². The van der Waals surface area contributed by atoms with E-state index in [1.165, 1.54) is 30.0 Å². The average Bonchev–Trinajstić information content (AvgIpc) is 2.27. The Morgan fingerprint density at radius 1 is 1.40 bits per heavy atom. The summed E-state index contributed by atoms with van der Waals surface area (Å²) in [7, 11) is -3.75. The minimum atomic E-state index is -3.75. The highest BCUT2D eigenvalue weighted by atomic mass is 79.9. The fourth-order valence-corrected chi connectivity index (χ4v) is 3.05. The van der Waals surface area contributed by atoms with E-state index in [0.717, 1.165) is 0 Å². The van der Waals surface area contributed by atoms with Gasteiger partial charge in [-0.1, -0.05) is 20.8 Å². The second kappa shape index (κ2) is 6.46. The molecule has 1 rings (SSSR count). The van der Waals surface area contributed by atoms with Gasteiger partial charge in [0.1, 0.15) is 0 Å². The zero-order chi connectivity index (χ0) is 15.6. The molecule has 0 atom stereocenters. The Morgan fingerprint density at radius 3 is 2.45 bits per heavy atom. The molecule has 5 nitrogen and oxygen atoms in total. The van der Waals surface area contributed by atoms with Crippen LogP contribution in [0.15, 0.2) is 27.6 Å². The molecule has 0 radical (unpaired) electrons. The van der Waals surface area contributed by atoms with Crippen molar-refractivity contribution in [2.75, 3.05) is 11.1 Å². The molecule has 8 heteroatoms. The van der Waals surface area contributed by atoms with E-state index in [9.17, 15) is 13.2 Å². The minimum Gasteiger partial charge on any atom is -0.324 e. The number of anilines is 1. The van der Waals surface area contributed by atoms with Gasteiger partial charge in [0.2, 0.25) is 15.9 Å². The van der Waals surface area contributed by atoms with Gasteiger partial charge < -0.3 is 5.32 Å². The van der Waals surface area contributed by atoms with Crippen molar-refractivity contribution in [1.29, 1.82) is 0 Å².